The van der Waals surface area contributed by atoms with Crippen molar-refractivity contribution in [2.75, 3.05) is 26.9 Å². The first-order chi connectivity index (χ1) is 15.5. The lowest BCUT2D eigenvalue weighted by molar-refractivity contribution is -0.144. The summed E-state index contributed by atoms with van der Waals surface area (Å²) in [6, 6.07) is 13.0. The van der Waals surface area contributed by atoms with Crippen molar-refractivity contribution in [2.45, 2.75) is 12.5 Å². The zero-order valence-electron chi connectivity index (χ0n) is 17.3. The van der Waals surface area contributed by atoms with Crippen LogP contribution in [0.2, 0.25) is 0 Å². The van der Waals surface area contributed by atoms with E-state index in [0.717, 1.165) is 0 Å². The lowest BCUT2D eigenvalue weighted by Gasteiger charge is -2.24. The molecule has 1 amide bonds. The van der Waals surface area contributed by atoms with E-state index in [1.54, 1.807) is 37.4 Å². The first kappa shape index (κ1) is 21.4. The number of benzene rings is 2. The van der Waals surface area contributed by atoms with Crippen molar-refractivity contribution in [1.82, 2.24) is 5.32 Å². The molecule has 9 nitrogen and oxygen atoms in total. The van der Waals surface area contributed by atoms with E-state index in [4.69, 9.17) is 23.4 Å². The second kappa shape index (κ2) is 9.52. The number of carbonyl (C=O) groups is 2. The molecule has 2 heterocycles. The van der Waals surface area contributed by atoms with Gasteiger partial charge in [0.15, 0.2) is 11.5 Å². The largest absolute Gasteiger partial charge is 0.485 e. The zero-order valence-corrected chi connectivity index (χ0v) is 17.3. The molecular formula is C23H21NO8. The molecule has 0 saturated carbocycles. The van der Waals surface area contributed by atoms with Crippen molar-refractivity contribution in [3.63, 3.8) is 0 Å². The van der Waals surface area contributed by atoms with E-state index in [1.807, 2.05) is 0 Å². The van der Waals surface area contributed by atoms with Crippen molar-refractivity contribution in [2.24, 2.45) is 0 Å². The van der Waals surface area contributed by atoms with Crippen molar-refractivity contribution < 1.29 is 33.0 Å². The van der Waals surface area contributed by atoms with Crippen molar-refractivity contribution in [1.29, 1.82) is 0 Å². The number of hydrogen-bond donors (Lipinski definition) is 1. The fraction of sp³-hybridized carbons (Fsp3) is 0.261. The van der Waals surface area contributed by atoms with Gasteiger partial charge in [-0.2, -0.15) is 0 Å². The highest BCUT2D eigenvalue weighted by atomic mass is 16.6. The molecule has 3 aromatic rings. The van der Waals surface area contributed by atoms with Gasteiger partial charge in [-0.25, -0.2) is 9.59 Å². The topological polar surface area (TPSA) is 113 Å². The minimum atomic E-state index is -0.934. The summed E-state index contributed by atoms with van der Waals surface area (Å²) in [5, 5.41) is 3.16. The van der Waals surface area contributed by atoms with Crippen LogP contribution in [-0.4, -0.2) is 44.8 Å². The normalized spacial score (nSPS) is 14.7. The summed E-state index contributed by atoms with van der Waals surface area (Å²) >= 11 is 0. The van der Waals surface area contributed by atoms with Crippen LogP contribution in [0.1, 0.15) is 16.8 Å². The van der Waals surface area contributed by atoms with Gasteiger partial charge in [0.1, 0.15) is 23.5 Å². The van der Waals surface area contributed by atoms with Crippen LogP contribution in [0.5, 0.6) is 17.2 Å². The highest BCUT2D eigenvalue weighted by Gasteiger charge is 2.29. The van der Waals surface area contributed by atoms with E-state index in [0.29, 0.717) is 36.5 Å². The smallest absolute Gasteiger partial charge is 0.356 e. The predicted molar refractivity (Wildman–Crippen MR) is 113 cm³/mol. The third-order valence-electron chi connectivity index (χ3n) is 4.75. The molecule has 1 N–H and O–H groups in total. The van der Waals surface area contributed by atoms with Gasteiger partial charge in [0.25, 0.3) is 5.91 Å². The van der Waals surface area contributed by atoms with Crippen LogP contribution in [0.25, 0.3) is 11.0 Å². The zero-order chi connectivity index (χ0) is 22.5. The molecule has 2 aromatic carbocycles. The molecule has 0 spiro atoms. The third kappa shape index (κ3) is 4.73. The Bertz CT molecular complexity index is 1200. The standard InChI is InChI=1S/C23H21NO8/c1-28-10-4-9-24-21(25)16-11-14-7-8-15(12-19(14)32-22(16)26)30-23(27)20-13-29-17-5-2-3-6-18(17)31-20/h2-3,5-8,11-12,20H,4,9-10,13H2,1H3,(H,24,25). The van der Waals surface area contributed by atoms with Crippen molar-refractivity contribution >= 4 is 22.8 Å². The number of rotatable bonds is 7. The first-order valence-corrected chi connectivity index (χ1v) is 10.0. The molecule has 4 rings (SSSR count). The Balaban J connectivity index is 1.45. The van der Waals surface area contributed by atoms with Gasteiger partial charge >= 0.3 is 11.6 Å². The molecule has 1 aliphatic heterocycles. The number of nitrogens with one attached hydrogen (secondary N) is 1. The lowest BCUT2D eigenvalue weighted by atomic mass is 10.1. The summed E-state index contributed by atoms with van der Waals surface area (Å²) in [6.45, 7) is 0.885. The monoisotopic (exact) mass is 439 g/mol. The van der Waals surface area contributed by atoms with E-state index in [-0.39, 0.29) is 23.5 Å². The van der Waals surface area contributed by atoms with Gasteiger partial charge in [-0.05, 0) is 36.8 Å². The summed E-state index contributed by atoms with van der Waals surface area (Å²) in [6.07, 6.45) is -0.311. The van der Waals surface area contributed by atoms with E-state index in [2.05, 4.69) is 5.32 Å². The number of fused-ring (bicyclic) bond motifs is 2. The predicted octanol–water partition coefficient (Wildman–Crippen LogP) is 2.30. The molecule has 0 fully saturated rings. The summed E-state index contributed by atoms with van der Waals surface area (Å²) in [7, 11) is 1.57. The minimum Gasteiger partial charge on any atom is -0.485 e. The Hall–Kier alpha value is -3.85. The van der Waals surface area contributed by atoms with E-state index in [1.165, 1.54) is 18.2 Å². The molecule has 1 aromatic heterocycles. The highest BCUT2D eigenvalue weighted by Crippen LogP contribution is 2.31. The number of carbonyl (C=O) groups excluding carboxylic acids is 2. The van der Waals surface area contributed by atoms with E-state index >= 15 is 0 Å². The number of esters is 1. The molecule has 1 aliphatic rings. The Kier molecular flexibility index (Phi) is 6.37. The number of ether oxygens (including phenoxy) is 4. The van der Waals surface area contributed by atoms with Gasteiger partial charge in [-0.1, -0.05) is 12.1 Å². The second-order valence-electron chi connectivity index (χ2n) is 7.03. The molecule has 1 unspecified atom stereocenters. The summed E-state index contributed by atoms with van der Waals surface area (Å²) in [5.41, 5.74) is -0.709. The Morgan fingerprint density at radius 2 is 1.94 bits per heavy atom. The quantitative estimate of drug-likeness (QED) is 0.258. The van der Waals surface area contributed by atoms with Crippen LogP contribution in [0.15, 0.2) is 57.7 Å². The molecule has 32 heavy (non-hydrogen) atoms. The van der Waals surface area contributed by atoms with Crippen molar-refractivity contribution in [3.05, 3.63) is 64.5 Å². The fourth-order valence-corrected chi connectivity index (χ4v) is 3.14. The maximum atomic E-state index is 12.5. The summed E-state index contributed by atoms with van der Waals surface area (Å²) < 4.78 is 26.7. The summed E-state index contributed by atoms with van der Waals surface area (Å²) in [4.78, 5) is 37.0. The number of methoxy groups -OCH3 is 1. The Labute approximate surface area is 182 Å². The SMILES string of the molecule is COCCCNC(=O)c1cc2ccc(OC(=O)C3COc4ccccc4O3)cc2oc1=O. The molecule has 0 bridgehead atoms. The molecule has 166 valence electrons. The molecule has 1 atom stereocenters. The number of hydrogen-bond acceptors (Lipinski definition) is 8. The minimum absolute atomic E-state index is 0.0152. The van der Waals surface area contributed by atoms with Crippen LogP contribution in [-0.2, 0) is 9.53 Å². The highest BCUT2D eigenvalue weighted by molar-refractivity contribution is 5.96. The van der Waals surface area contributed by atoms with Gasteiger partial charge in [0, 0.05) is 31.7 Å². The van der Waals surface area contributed by atoms with Gasteiger partial charge in [-0.3, -0.25) is 4.79 Å². The van der Waals surface area contributed by atoms with Gasteiger partial charge in [0.05, 0.1) is 0 Å². The Morgan fingerprint density at radius 3 is 2.75 bits per heavy atom. The number of para-hydroxylation sites is 2. The fourth-order valence-electron chi connectivity index (χ4n) is 3.14. The second-order valence-corrected chi connectivity index (χ2v) is 7.03. The molecule has 0 radical (unpaired) electrons. The maximum Gasteiger partial charge on any atom is 0.356 e. The average molecular weight is 439 g/mol. The van der Waals surface area contributed by atoms with Crippen LogP contribution in [0, 0.1) is 0 Å². The first-order valence-electron chi connectivity index (χ1n) is 10.0. The van der Waals surface area contributed by atoms with Crippen LogP contribution >= 0.6 is 0 Å². The summed E-state index contributed by atoms with van der Waals surface area (Å²) in [5.74, 6) is 0.0147. The van der Waals surface area contributed by atoms with Gasteiger partial charge < -0.3 is 28.7 Å². The van der Waals surface area contributed by atoms with Crippen molar-refractivity contribution in [3.8, 4) is 17.2 Å². The molecular weight excluding hydrogens is 418 g/mol. The number of amides is 1. The maximum absolute atomic E-state index is 12.5. The Morgan fingerprint density at radius 1 is 1.12 bits per heavy atom. The molecule has 0 saturated heterocycles. The third-order valence-corrected chi connectivity index (χ3v) is 4.75. The van der Waals surface area contributed by atoms with Crippen LogP contribution in [0.4, 0.5) is 0 Å². The van der Waals surface area contributed by atoms with Crippen LogP contribution < -0.4 is 25.2 Å². The van der Waals surface area contributed by atoms with Gasteiger partial charge in [0.2, 0.25) is 6.10 Å². The van der Waals surface area contributed by atoms with E-state index < -0.39 is 23.6 Å². The lowest BCUT2D eigenvalue weighted by Crippen LogP contribution is -2.39. The van der Waals surface area contributed by atoms with Crippen LogP contribution in [0.3, 0.4) is 0 Å². The average Bonchev–Trinajstić information content (AvgIpc) is 2.81. The van der Waals surface area contributed by atoms with E-state index in [9.17, 15) is 14.4 Å². The van der Waals surface area contributed by atoms with Gasteiger partial charge in [-0.15, -0.1) is 0 Å². The molecule has 9 heteroatoms. The molecule has 0 aliphatic carbocycles.